The molecule has 0 bridgehead atoms. The number of hydrogen-bond donors (Lipinski definition) is 1. The van der Waals surface area contributed by atoms with Crippen LogP contribution in [-0.4, -0.2) is 6.54 Å². The van der Waals surface area contributed by atoms with Crippen molar-refractivity contribution in [2.24, 2.45) is 11.8 Å². The van der Waals surface area contributed by atoms with Crippen molar-refractivity contribution in [3.63, 3.8) is 0 Å². The molecule has 0 aromatic heterocycles. The minimum absolute atomic E-state index is 0.494. The Morgan fingerprint density at radius 1 is 1.35 bits per heavy atom. The van der Waals surface area contributed by atoms with E-state index in [0.717, 1.165) is 24.8 Å². The molecular weight excluding hydrogens is 310 g/mol. The van der Waals surface area contributed by atoms with E-state index in [2.05, 4.69) is 59.4 Å². The van der Waals surface area contributed by atoms with Crippen molar-refractivity contribution in [2.45, 2.75) is 58.4 Å². The Morgan fingerprint density at radius 2 is 2.20 bits per heavy atom. The SMILES string of the molecule is CCC(NCCC1CCCC(C)C1)c1cccc(Br)c1. The minimum Gasteiger partial charge on any atom is -0.310 e. The maximum Gasteiger partial charge on any atom is 0.0318 e. The van der Waals surface area contributed by atoms with Gasteiger partial charge in [-0.1, -0.05) is 61.2 Å². The largest absolute Gasteiger partial charge is 0.310 e. The summed E-state index contributed by atoms with van der Waals surface area (Å²) in [6, 6.07) is 9.19. The lowest BCUT2D eigenvalue weighted by molar-refractivity contribution is 0.264. The molecule has 1 N–H and O–H groups in total. The number of rotatable bonds is 6. The molecule has 0 saturated heterocycles. The lowest BCUT2D eigenvalue weighted by Gasteiger charge is -2.27. The van der Waals surface area contributed by atoms with Crippen LogP contribution in [0.15, 0.2) is 28.7 Å². The summed E-state index contributed by atoms with van der Waals surface area (Å²) in [6.45, 7) is 5.83. The van der Waals surface area contributed by atoms with Crippen molar-refractivity contribution in [2.75, 3.05) is 6.54 Å². The van der Waals surface area contributed by atoms with Crippen molar-refractivity contribution < 1.29 is 0 Å². The number of benzene rings is 1. The van der Waals surface area contributed by atoms with Crippen LogP contribution in [0.3, 0.4) is 0 Å². The first-order valence-corrected chi connectivity index (χ1v) is 8.97. The molecule has 1 aliphatic rings. The summed E-state index contributed by atoms with van der Waals surface area (Å²) in [5.74, 6) is 1.90. The monoisotopic (exact) mass is 337 g/mol. The molecule has 3 atom stereocenters. The Balaban J connectivity index is 1.79. The Hall–Kier alpha value is -0.340. The Kier molecular flexibility index (Phi) is 6.57. The highest BCUT2D eigenvalue weighted by Gasteiger charge is 2.18. The average molecular weight is 338 g/mol. The summed E-state index contributed by atoms with van der Waals surface area (Å²) < 4.78 is 1.18. The number of nitrogens with one attached hydrogen (secondary N) is 1. The first-order valence-electron chi connectivity index (χ1n) is 8.18. The van der Waals surface area contributed by atoms with Gasteiger partial charge in [-0.05, 0) is 55.3 Å². The van der Waals surface area contributed by atoms with Crippen molar-refractivity contribution in [3.05, 3.63) is 34.3 Å². The first-order chi connectivity index (χ1) is 9.69. The predicted molar refractivity (Wildman–Crippen MR) is 90.9 cm³/mol. The van der Waals surface area contributed by atoms with Gasteiger partial charge in [0.05, 0.1) is 0 Å². The summed E-state index contributed by atoms with van der Waals surface area (Å²) in [5, 5.41) is 3.75. The van der Waals surface area contributed by atoms with Crippen LogP contribution in [0.5, 0.6) is 0 Å². The maximum absolute atomic E-state index is 3.75. The third-order valence-corrected chi connectivity index (χ3v) is 5.14. The molecule has 20 heavy (non-hydrogen) atoms. The summed E-state index contributed by atoms with van der Waals surface area (Å²) >= 11 is 3.57. The van der Waals surface area contributed by atoms with Crippen LogP contribution in [0.2, 0.25) is 0 Å². The fourth-order valence-corrected chi connectivity index (χ4v) is 3.92. The molecule has 0 radical (unpaired) electrons. The molecule has 1 fully saturated rings. The van der Waals surface area contributed by atoms with Gasteiger partial charge < -0.3 is 5.32 Å². The van der Waals surface area contributed by atoms with Crippen LogP contribution in [0, 0.1) is 11.8 Å². The van der Waals surface area contributed by atoms with Gasteiger partial charge in [-0.15, -0.1) is 0 Å². The van der Waals surface area contributed by atoms with E-state index in [0.29, 0.717) is 6.04 Å². The molecule has 1 aromatic carbocycles. The van der Waals surface area contributed by atoms with E-state index in [-0.39, 0.29) is 0 Å². The zero-order valence-electron chi connectivity index (χ0n) is 12.9. The van der Waals surface area contributed by atoms with Crippen LogP contribution in [0.1, 0.15) is 64.0 Å². The number of halogens is 1. The average Bonchev–Trinajstić information content (AvgIpc) is 2.44. The van der Waals surface area contributed by atoms with E-state index in [1.165, 1.54) is 42.1 Å². The standard InChI is InChI=1S/C18H28BrN/c1-3-18(16-8-5-9-17(19)13-16)20-11-10-15-7-4-6-14(2)12-15/h5,8-9,13-15,18,20H,3-4,6-7,10-12H2,1-2H3. The fraction of sp³-hybridized carbons (Fsp3) is 0.667. The summed E-state index contributed by atoms with van der Waals surface area (Å²) in [6.07, 6.45) is 8.26. The van der Waals surface area contributed by atoms with Crippen LogP contribution in [0.25, 0.3) is 0 Å². The highest BCUT2D eigenvalue weighted by molar-refractivity contribution is 9.10. The molecule has 2 heteroatoms. The Morgan fingerprint density at radius 3 is 2.90 bits per heavy atom. The van der Waals surface area contributed by atoms with Crippen LogP contribution < -0.4 is 5.32 Å². The minimum atomic E-state index is 0.494. The first kappa shape index (κ1) is 16.0. The maximum atomic E-state index is 3.75. The van der Waals surface area contributed by atoms with E-state index < -0.39 is 0 Å². The molecule has 2 rings (SSSR count). The Labute approximate surface area is 132 Å². The Bertz CT molecular complexity index is 404. The normalized spacial score (nSPS) is 24.6. The van der Waals surface area contributed by atoms with Gasteiger partial charge in [0.2, 0.25) is 0 Å². The van der Waals surface area contributed by atoms with Crippen LogP contribution in [-0.2, 0) is 0 Å². The van der Waals surface area contributed by atoms with Crippen molar-refractivity contribution in [1.82, 2.24) is 5.32 Å². The summed E-state index contributed by atoms with van der Waals surface area (Å²) in [7, 11) is 0. The second kappa shape index (κ2) is 8.19. The molecule has 1 aromatic rings. The molecule has 1 saturated carbocycles. The molecule has 0 spiro atoms. The molecule has 3 unspecified atom stereocenters. The highest BCUT2D eigenvalue weighted by atomic mass is 79.9. The third kappa shape index (κ3) is 4.89. The molecule has 1 aliphatic carbocycles. The second-order valence-electron chi connectivity index (χ2n) is 6.40. The van der Waals surface area contributed by atoms with Gasteiger partial charge in [0.1, 0.15) is 0 Å². The van der Waals surface area contributed by atoms with E-state index in [1.54, 1.807) is 0 Å². The van der Waals surface area contributed by atoms with Crippen molar-refractivity contribution in [3.8, 4) is 0 Å². The van der Waals surface area contributed by atoms with Gasteiger partial charge in [-0.2, -0.15) is 0 Å². The smallest absolute Gasteiger partial charge is 0.0318 e. The highest BCUT2D eigenvalue weighted by Crippen LogP contribution is 2.30. The van der Waals surface area contributed by atoms with Gasteiger partial charge in [-0.25, -0.2) is 0 Å². The fourth-order valence-electron chi connectivity index (χ4n) is 3.50. The van der Waals surface area contributed by atoms with Gasteiger partial charge in [-0.3, -0.25) is 0 Å². The summed E-state index contributed by atoms with van der Waals surface area (Å²) in [5.41, 5.74) is 1.40. The van der Waals surface area contributed by atoms with Gasteiger partial charge in [0.25, 0.3) is 0 Å². The van der Waals surface area contributed by atoms with Gasteiger partial charge in [0, 0.05) is 10.5 Å². The van der Waals surface area contributed by atoms with Crippen LogP contribution >= 0.6 is 15.9 Å². The van der Waals surface area contributed by atoms with E-state index in [9.17, 15) is 0 Å². The predicted octanol–water partition coefficient (Wildman–Crippen LogP) is 5.71. The molecule has 0 amide bonds. The second-order valence-corrected chi connectivity index (χ2v) is 7.31. The molecular formula is C18H28BrN. The zero-order chi connectivity index (χ0) is 14.4. The summed E-state index contributed by atoms with van der Waals surface area (Å²) in [4.78, 5) is 0. The topological polar surface area (TPSA) is 12.0 Å². The molecule has 112 valence electrons. The third-order valence-electron chi connectivity index (χ3n) is 4.65. The zero-order valence-corrected chi connectivity index (χ0v) is 14.5. The van der Waals surface area contributed by atoms with Gasteiger partial charge >= 0.3 is 0 Å². The molecule has 0 heterocycles. The van der Waals surface area contributed by atoms with E-state index in [4.69, 9.17) is 0 Å². The van der Waals surface area contributed by atoms with Gasteiger partial charge in [0.15, 0.2) is 0 Å². The van der Waals surface area contributed by atoms with E-state index in [1.807, 2.05) is 0 Å². The van der Waals surface area contributed by atoms with Crippen molar-refractivity contribution in [1.29, 1.82) is 0 Å². The lowest BCUT2D eigenvalue weighted by Crippen LogP contribution is -2.25. The number of hydrogen-bond acceptors (Lipinski definition) is 1. The van der Waals surface area contributed by atoms with Crippen molar-refractivity contribution >= 4 is 15.9 Å². The lowest BCUT2D eigenvalue weighted by atomic mass is 9.81. The quantitative estimate of drug-likeness (QED) is 0.701. The van der Waals surface area contributed by atoms with E-state index >= 15 is 0 Å². The molecule has 0 aliphatic heterocycles. The van der Waals surface area contributed by atoms with Crippen LogP contribution in [0.4, 0.5) is 0 Å². The molecule has 1 nitrogen and oxygen atoms in total.